The van der Waals surface area contributed by atoms with Crippen LogP contribution < -0.4 is 4.74 Å². The van der Waals surface area contributed by atoms with Gasteiger partial charge in [0.05, 0.1) is 24.3 Å². The molecule has 2 aromatic carbocycles. The Morgan fingerprint density at radius 3 is 2.70 bits per heavy atom. The SMILES string of the molecule is COc1cc([N+](=O)[O-])cc(/C=N\N(C)C2=NS(=O)(=O)c3ccccc32)c1O. The van der Waals surface area contributed by atoms with Crippen molar-refractivity contribution in [3.63, 3.8) is 0 Å². The van der Waals surface area contributed by atoms with Crippen molar-refractivity contribution >= 4 is 27.8 Å². The number of non-ortho nitro benzene ring substituents is 1. The third-order valence-electron chi connectivity index (χ3n) is 3.81. The summed E-state index contributed by atoms with van der Waals surface area (Å²) in [6.07, 6.45) is 1.15. The standard InChI is InChI=1S/C16H14N4O6S/c1-19(16-12-5-3-4-6-14(12)27(24,25)18-16)17-9-10-7-11(20(22)23)8-13(26-2)15(10)21/h3-9,21H,1-2H3/b17-9-. The summed E-state index contributed by atoms with van der Waals surface area (Å²) in [6.45, 7) is 0. The molecule has 3 rings (SSSR count). The Bertz CT molecular complexity index is 1090. The molecule has 27 heavy (non-hydrogen) atoms. The van der Waals surface area contributed by atoms with E-state index in [1.165, 1.54) is 25.2 Å². The molecule has 0 bridgehead atoms. The predicted molar refractivity (Wildman–Crippen MR) is 96.8 cm³/mol. The summed E-state index contributed by atoms with van der Waals surface area (Å²) in [4.78, 5) is 10.5. The molecular formula is C16H14N4O6S. The van der Waals surface area contributed by atoms with Gasteiger partial charge in [-0.2, -0.15) is 13.5 Å². The lowest BCUT2D eigenvalue weighted by Gasteiger charge is -2.12. The molecule has 0 saturated carbocycles. The minimum atomic E-state index is -3.81. The van der Waals surface area contributed by atoms with Crippen LogP contribution in [0.1, 0.15) is 11.1 Å². The van der Waals surface area contributed by atoms with E-state index in [0.29, 0.717) is 5.56 Å². The molecule has 0 unspecified atom stereocenters. The van der Waals surface area contributed by atoms with E-state index in [-0.39, 0.29) is 33.5 Å². The van der Waals surface area contributed by atoms with Gasteiger partial charge in [0, 0.05) is 24.2 Å². The normalized spacial score (nSPS) is 14.7. The average Bonchev–Trinajstić information content (AvgIpc) is 2.92. The molecule has 0 aromatic heterocycles. The number of phenolic OH excluding ortho intramolecular Hbond substituents is 1. The highest BCUT2D eigenvalue weighted by Gasteiger charge is 2.30. The highest BCUT2D eigenvalue weighted by atomic mass is 32.2. The summed E-state index contributed by atoms with van der Waals surface area (Å²) in [5.41, 5.74) is 0.125. The van der Waals surface area contributed by atoms with Gasteiger partial charge in [0.1, 0.15) is 4.90 Å². The van der Waals surface area contributed by atoms with Crippen molar-refractivity contribution in [3.05, 3.63) is 57.6 Å². The van der Waals surface area contributed by atoms with E-state index in [4.69, 9.17) is 4.74 Å². The molecule has 0 atom stereocenters. The van der Waals surface area contributed by atoms with Crippen LogP contribution in [0, 0.1) is 10.1 Å². The topological polar surface area (TPSA) is 135 Å². The minimum absolute atomic E-state index is 0.0302. The number of methoxy groups -OCH3 is 1. The Hall–Kier alpha value is -3.47. The Kier molecular flexibility index (Phi) is 4.54. The largest absolute Gasteiger partial charge is 0.504 e. The summed E-state index contributed by atoms with van der Waals surface area (Å²) in [6, 6.07) is 8.50. The van der Waals surface area contributed by atoms with Crippen molar-refractivity contribution in [3.8, 4) is 11.5 Å². The molecule has 1 N–H and O–H groups in total. The van der Waals surface area contributed by atoms with Gasteiger partial charge in [-0.05, 0) is 12.1 Å². The molecule has 0 saturated heterocycles. The lowest BCUT2D eigenvalue weighted by molar-refractivity contribution is -0.385. The lowest BCUT2D eigenvalue weighted by atomic mass is 10.1. The first kappa shape index (κ1) is 18.3. The molecule has 0 amide bonds. The van der Waals surface area contributed by atoms with Crippen LogP contribution in [0.25, 0.3) is 0 Å². The summed E-state index contributed by atoms with van der Waals surface area (Å²) in [7, 11) is -1.07. The number of hydrazone groups is 1. The van der Waals surface area contributed by atoms with E-state index < -0.39 is 14.9 Å². The summed E-state index contributed by atoms with van der Waals surface area (Å²) in [5, 5.41) is 26.4. The van der Waals surface area contributed by atoms with Gasteiger partial charge in [-0.25, -0.2) is 5.01 Å². The van der Waals surface area contributed by atoms with E-state index in [9.17, 15) is 23.6 Å². The van der Waals surface area contributed by atoms with Crippen LogP contribution in [-0.4, -0.2) is 49.7 Å². The van der Waals surface area contributed by atoms with E-state index in [0.717, 1.165) is 18.3 Å². The Morgan fingerprint density at radius 2 is 2.04 bits per heavy atom. The number of ether oxygens (including phenoxy) is 1. The molecule has 0 fully saturated rings. The number of rotatable bonds is 4. The molecule has 11 heteroatoms. The second-order valence-electron chi connectivity index (χ2n) is 5.50. The van der Waals surface area contributed by atoms with Crippen LogP contribution in [0.4, 0.5) is 5.69 Å². The van der Waals surface area contributed by atoms with E-state index in [1.807, 2.05) is 0 Å². The second kappa shape index (κ2) is 6.68. The number of phenols is 1. The maximum atomic E-state index is 12.1. The summed E-state index contributed by atoms with van der Waals surface area (Å²) in [5.74, 6) is -0.320. The Balaban J connectivity index is 1.98. The number of aromatic hydroxyl groups is 1. The molecule has 140 valence electrons. The van der Waals surface area contributed by atoms with Crippen molar-refractivity contribution < 1.29 is 23.2 Å². The van der Waals surface area contributed by atoms with Crippen molar-refractivity contribution in [2.45, 2.75) is 4.90 Å². The van der Waals surface area contributed by atoms with Gasteiger partial charge in [0.25, 0.3) is 15.7 Å². The summed E-state index contributed by atoms with van der Waals surface area (Å²) >= 11 is 0. The fourth-order valence-corrected chi connectivity index (χ4v) is 3.73. The number of hydrogen-bond donors (Lipinski definition) is 1. The van der Waals surface area contributed by atoms with E-state index in [1.54, 1.807) is 18.2 Å². The quantitative estimate of drug-likeness (QED) is 0.477. The van der Waals surface area contributed by atoms with Gasteiger partial charge in [0.15, 0.2) is 17.3 Å². The van der Waals surface area contributed by atoms with Crippen molar-refractivity contribution in [2.24, 2.45) is 9.50 Å². The molecule has 0 spiro atoms. The maximum Gasteiger partial charge on any atom is 0.285 e. The number of nitro groups is 1. The van der Waals surface area contributed by atoms with Crippen LogP contribution in [-0.2, 0) is 10.0 Å². The van der Waals surface area contributed by atoms with Gasteiger partial charge >= 0.3 is 0 Å². The fourth-order valence-electron chi connectivity index (χ4n) is 2.50. The summed E-state index contributed by atoms with van der Waals surface area (Å²) < 4.78 is 32.8. The smallest absolute Gasteiger partial charge is 0.285 e. The third kappa shape index (κ3) is 3.31. The van der Waals surface area contributed by atoms with Crippen molar-refractivity contribution in [1.82, 2.24) is 5.01 Å². The third-order valence-corrected chi connectivity index (χ3v) is 5.13. The van der Waals surface area contributed by atoms with Gasteiger partial charge in [-0.3, -0.25) is 10.1 Å². The van der Waals surface area contributed by atoms with Crippen molar-refractivity contribution in [2.75, 3.05) is 14.2 Å². The van der Waals surface area contributed by atoms with Gasteiger partial charge < -0.3 is 9.84 Å². The van der Waals surface area contributed by atoms with Crippen molar-refractivity contribution in [1.29, 1.82) is 0 Å². The molecule has 0 radical (unpaired) electrons. The first-order chi connectivity index (χ1) is 12.7. The molecule has 1 aliphatic rings. The zero-order valence-corrected chi connectivity index (χ0v) is 15.0. The number of hydrogen-bond acceptors (Lipinski definition) is 8. The number of sulfonamides is 1. The predicted octanol–water partition coefficient (Wildman–Crippen LogP) is 1.72. The number of nitro benzene ring substituents is 1. The van der Waals surface area contributed by atoms with E-state index >= 15 is 0 Å². The van der Waals surface area contributed by atoms with Crippen LogP contribution in [0.3, 0.4) is 0 Å². The number of fused-ring (bicyclic) bond motifs is 1. The zero-order chi connectivity index (χ0) is 19.8. The fraction of sp³-hybridized carbons (Fsp3) is 0.125. The molecule has 1 heterocycles. The minimum Gasteiger partial charge on any atom is -0.504 e. The first-order valence-electron chi connectivity index (χ1n) is 7.52. The van der Waals surface area contributed by atoms with Crippen LogP contribution in [0.2, 0.25) is 0 Å². The highest BCUT2D eigenvalue weighted by molar-refractivity contribution is 7.90. The van der Waals surface area contributed by atoms with E-state index in [2.05, 4.69) is 9.50 Å². The monoisotopic (exact) mass is 390 g/mol. The highest BCUT2D eigenvalue weighted by Crippen LogP contribution is 2.33. The van der Waals surface area contributed by atoms with Gasteiger partial charge in [0.2, 0.25) is 0 Å². The number of amidine groups is 1. The maximum absolute atomic E-state index is 12.1. The molecule has 0 aliphatic carbocycles. The lowest BCUT2D eigenvalue weighted by Crippen LogP contribution is -2.21. The zero-order valence-electron chi connectivity index (χ0n) is 14.2. The second-order valence-corrected chi connectivity index (χ2v) is 7.07. The number of nitrogens with zero attached hydrogens (tertiary/aromatic N) is 4. The molecule has 10 nitrogen and oxygen atoms in total. The Morgan fingerprint density at radius 1 is 1.33 bits per heavy atom. The average molecular weight is 390 g/mol. The van der Waals surface area contributed by atoms with Crippen LogP contribution in [0.15, 0.2) is 50.8 Å². The molecule has 1 aliphatic heterocycles. The van der Waals surface area contributed by atoms with Crippen LogP contribution in [0.5, 0.6) is 11.5 Å². The van der Waals surface area contributed by atoms with Gasteiger partial charge in [-0.15, -0.1) is 4.40 Å². The van der Waals surface area contributed by atoms with Crippen LogP contribution >= 0.6 is 0 Å². The first-order valence-corrected chi connectivity index (χ1v) is 8.96. The van der Waals surface area contributed by atoms with Gasteiger partial charge in [-0.1, -0.05) is 12.1 Å². The molecular weight excluding hydrogens is 376 g/mol. The number of benzene rings is 2. The molecule has 2 aromatic rings. The Labute approximate surface area is 154 Å².